The number of rotatable bonds is 4. The average molecular weight is 200 g/mol. The summed E-state index contributed by atoms with van der Waals surface area (Å²) < 4.78 is 52.7. The molecule has 0 aliphatic carbocycles. The second-order valence-corrected chi connectivity index (χ2v) is 2.40. The van der Waals surface area contributed by atoms with Crippen LogP contribution in [0.25, 0.3) is 0 Å². The van der Waals surface area contributed by atoms with Crippen molar-refractivity contribution in [2.45, 2.75) is 18.8 Å². The lowest BCUT2D eigenvalue weighted by Gasteiger charge is -2.21. The van der Waals surface area contributed by atoms with Crippen LogP contribution in [0.2, 0.25) is 0 Å². The van der Waals surface area contributed by atoms with Crippen molar-refractivity contribution in [1.82, 2.24) is 0 Å². The van der Waals surface area contributed by atoms with E-state index >= 15 is 0 Å². The van der Waals surface area contributed by atoms with E-state index in [1.165, 1.54) is 0 Å². The van der Waals surface area contributed by atoms with Gasteiger partial charge in [-0.3, -0.25) is 0 Å². The monoisotopic (exact) mass is 200 g/mol. The highest BCUT2D eigenvalue weighted by Gasteiger charge is 2.53. The number of carbonyl (C=O) groups is 1. The highest BCUT2D eigenvalue weighted by molar-refractivity contribution is 5.81. The van der Waals surface area contributed by atoms with Crippen molar-refractivity contribution >= 4 is 5.97 Å². The molecule has 0 saturated carbocycles. The molecule has 0 amide bonds. The molecule has 76 valence electrons. The van der Waals surface area contributed by atoms with Crippen molar-refractivity contribution in [2.24, 2.45) is 0 Å². The topological polar surface area (TPSA) is 26.3 Å². The van der Waals surface area contributed by atoms with Gasteiger partial charge in [0.1, 0.15) is 0 Å². The first kappa shape index (κ1) is 11.9. The van der Waals surface area contributed by atoms with E-state index in [1.54, 1.807) is 0 Å². The molecule has 0 fully saturated rings. The van der Waals surface area contributed by atoms with Crippen molar-refractivity contribution in [3.8, 4) is 0 Å². The predicted octanol–water partition coefficient (Wildman–Crippen LogP) is 2.01. The lowest BCUT2D eigenvalue weighted by molar-refractivity contribution is -0.221. The number of hydrogen-bond donors (Lipinski definition) is 0. The molecule has 0 radical (unpaired) electrons. The summed E-state index contributed by atoms with van der Waals surface area (Å²) in [5.74, 6) is -9.73. The summed E-state index contributed by atoms with van der Waals surface area (Å²) in [7, 11) is 0. The van der Waals surface area contributed by atoms with Crippen molar-refractivity contribution in [2.75, 3.05) is 6.61 Å². The molecule has 0 unspecified atom stereocenters. The molecule has 0 aromatic rings. The van der Waals surface area contributed by atoms with E-state index in [2.05, 4.69) is 11.3 Å². The van der Waals surface area contributed by atoms with Crippen LogP contribution in [0.5, 0.6) is 0 Å². The Labute approximate surface area is 72.2 Å². The van der Waals surface area contributed by atoms with Crippen LogP contribution in [0.15, 0.2) is 12.7 Å². The zero-order valence-electron chi connectivity index (χ0n) is 6.82. The third kappa shape index (κ3) is 3.43. The molecular weight excluding hydrogens is 192 g/mol. The van der Waals surface area contributed by atoms with Gasteiger partial charge >= 0.3 is 17.8 Å². The Kier molecular flexibility index (Phi) is 3.45. The van der Waals surface area contributed by atoms with Crippen LogP contribution in [0.3, 0.4) is 0 Å². The van der Waals surface area contributed by atoms with Gasteiger partial charge in [0, 0.05) is 13.0 Å². The first-order valence-electron chi connectivity index (χ1n) is 3.25. The minimum atomic E-state index is -4.36. The molecular formula is C7H8F4O2. The fraction of sp³-hybridized carbons (Fsp3) is 0.571. The molecule has 0 heterocycles. The molecule has 0 N–H and O–H groups in total. The zero-order chi connectivity index (χ0) is 10.7. The van der Waals surface area contributed by atoms with Crippen LogP contribution >= 0.6 is 0 Å². The van der Waals surface area contributed by atoms with Gasteiger partial charge in [-0.25, -0.2) is 13.6 Å². The third-order valence-electron chi connectivity index (χ3n) is 1.20. The number of ether oxygens (including phenoxy) is 1. The second kappa shape index (κ2) is 3.76. The highest BCUT2D eigenvalue weighted by atomic mass is 19.3. The zero-order valence-corrected chi connectivity index (χ0v) is 6.82. The van der Waals surface area contributed by atoms with Gasteiger partial charge in [0.15, 0.2) is 6.61 Å². The van der Waals surface area contributed by atoms with Crippen LogP contribution < -0.4 is 0 Å². The molecule has 6 heteroatoms. The number of alkyl halides is 4. The largest absolute Gasteiger partial charge is 0.456 e. The predicted molar refractivity (Wildman–Crippen MR) is 36.7 cm³/mol. The van der Waals surface area contributed by atoms with Gasteiger partial charge in [0.25, 0.3) is 0 Å². The van der Waals surface area contributed by atoms with E-state index in [4.69, 9.17) is 0 Å². The number of hydrogen-bond acceptors (Lipinski definition) is 2. The Morgan fingerprint density at radius 3 is 2.23 bits per heavy atom. The molecule has 0 aromatic heterocycles. The Hall–Kier alpha value is -1.07. The van der Waals surface area contributed by atoms with Gasteiger partial charge in [-0.1, -0.05) is 6.58 Å². The van der Waals surface area contributed by atoms with Gasteiger partial charge in [-0.2, -0.15) is 8.78 Å². The summed E-state index contributed by atoms with van der Waals surface area (Å²) >= 11 is 0. The Balaban J connectivity index is 4.19. The van der Waals surface area contributed by atoms with Gasteiger partial charge in [0.05, 0.1) is 0 Å². The molecule has 0 atom stereocenters. The summed E-state index contributed by atoms with van der Waals surface area (Å²) in [5, 5.41) is 0. The number of carbonyl (C=O) groups excluding carboxylic acids is 1. The fourth-order valence-corrected chi connectivity index (χ4v) is 0.347. The molecule has 0 aliphatic rings. The molecule has 0 rings (SSSR count). The summed E-state index contributed by atoms with van der Waals surface area (Å²) in [6.45, 7) is 1.32. The van der Waals surface area contributed by atoms with E-state index < -0.39 is 24.4 Å². The Bertz CT molecular complexity index is 207. The van der Waals surface area contributed by atoms with Gasteiger partial charge in [-0.15, -0.1) is 0 Å². The molecule has 0 saturated heterocycles. The SMILES string of the molecule is C=CC(=O)OCC(F)(F)C(C)(F)F. The number of esters is 1. The van der Waals surface area contributed by atoms with Crippen molar-refractivity contribution in [1.29, 1.82) is 0 Å². The normalized spacial score (nSPS) is 12.4. The van der Waals surface area contributed by atoms with Crippen LogP contribution in [0.1, 0.15) is 6.92 Å². The third-order valence-corrected chi connectivity index (χ3v) is 1.20. The van der Waals surface area contributed by atoms with E-state index in [9.17, 15) is 22.4 Å². The lowest BCUT2D eigenvalue weighted by atomic mass is 10.2. The molecule has 2 nitrogen and oxygen atoms in total. The van der Waals surface area contributed by atoms with E-state index in [-0.39, 0.29) is 6.92 Å². The minimum Gasteiger partial charge on any atom is -0.456 e. The summed E-state index contributed by atoms with van der Waals surface area (Å²) in [6.07, 6.45) is 0.615. The average Bonchev–Trinajstić information content (AvgIpc) is 1.98. The quantitative estimate of drug-likeness (QED) is 0.394. The first-order chi connectivity index (χ1) is 5.70. The lowest BCUT2D eigenvalue weighted by Crippen LogP contribution is -2.42. The Morgan fingerprint density at radius 1 is 1.46 bits per heavy atom. The molecule has 13 heavy (non-hydrogen) atoms. The van der Waals surface area contributed by atoms with Crippen molar-refractivity contribution in [3.05, 3.63) is 12.7 Å². The number of halogens is 4. The van der Waals surface area contributed by atoms with E-state index in [1.807, 2.05) is 0 Å². The fourth-order valence-electron chi connectivity index (χ4n) is 0.347. The van der Waals surface area contributed by atoms with Gasteiger partial charge in [0.2, 0.25) is 0 Å². The highest BCUT2D eigenvalue weighted by Crippen LogP contribution is 2.33. The summed E-state index contributed by atoms with van der Waals surface area (Å²) in [6, 6.07) is 0. The smallest absolute Gasteiger partial charge is 0.343 e. The van der Waals surface area contributed by atoms with E-state index in [0.717, 1.165) is 0 Å². The maximum atomic E-state index is 12.4. The second-order valence-electron chi connectivity index (χ2n) is 2.40. The Morgan fingerprint density at radius 2 is 1.92 bits per heavy atom. The molecule has 0 bridgehead atoms. The minimum absolute atomic E-state index is 0.0503. The maximum Gasteiger partial charge on any atom is 0.343 e. The summed E-state index contributed by atoms with van der Waals surface area (Å²) in [5.41, 5.74) is 0. The maximum absolute atomic E-state index is 12.4. The van der Waals surface area contributed by atoms with Crippen LogP contribution in [0, 0.1) is 0 Å². The molecule has 0 aliphatic heterocycles. The van der Waals surface area contributed by atoms with Crippen LogP contribution in [0.4, 0.5) is 17.6 Å². The van der Waals surface area contributed by atoms with Crippen LogP contribution in [-0.4, -0.2) is 24.4 Å². The van der Waals surface area contributed by atoms with E-state index in [0.29, 0.717) is 6.08 Å². The van der Waals surface area contributed by atoms with Crippen molar-refractivity contribution in [3.63, 3.8) is 0 Å². The standard InChI is InChI=1S/C7H8F4O2/c1-3-5(12)13-4-7(10,11)6(2,8)9/h3H,1,4H2,2H3. The van der Waals surface area contributed by atoms with Crippen LogP contribution in [-0.2, 0) is 9.53 Å². The van der Waals surface area contributed by atoms with Crippen molar-refractivity contribution < 1.29 is 27.1 Å². The molecule has 0 spiro atoms. The first-order valence-corrected chi connectivity index (χ1v) is 3.25. The molecule has 0 aromatic carbocycles. The van der Waals surface area contributed by atoms with Gasteiger partial charge < -0.3 is 4.74 Å². The summed E-state index contributed by atoms with van der Waals surface area (Å²) in [4.78, 5) is 10.3. The van der Waals surface area contributed by atoms with Gasteiger partial charge in [-0.05, 0) is 0 Å².